The summed E-state index contributed by atoms with van der Waals surface area (Å²) in [6, 6.07) is 11.3. The van der Waals surface area contributed by atoms with Crippen LogP contribution in [-0.2, 0) is 6.42 Å². The van der Waals surface area contributed by atoms with E-state index in [9.17, 15) is 4.79 Å². The van der Waals surface area contributed by atoms with Gasteiger partial charge in [0.05, 0.1) is 21.3 Å². The molecule has 1 amide bonds. The van der Waals surface area contributed by atoms with Gasteiger partial charge in [0.1, 0.15) is 5.75 Å². The molecule has 0 atom stereocenters. The van der Waals surface area contributed by atoms with Gasteiger partial charge in [-0.25, -0.2) is 0 Å². The summed E-state index contributed by atoms with van der Waals surface area (Å²) in [5.41, 5.74) is 2.71. The van der Waals surface area contributed by atoms with Crippen LogP contribution in [0.3, 0.4) is 0 Å². The van der Waals surface area contributed by atoms with E-state index in [1.165, 1.54) is 0 Å². The second-order valence-corrected chi connectivity index (χ2v) is 5.85. The van der Waals surface area contributed by atoms with Gasteiger partial charge < -0.3 is 19.1 Å². The molecule has 0 aliphatic carbocycles. The molecule has 0 spiro atoms. The minimum atomic E-state index is -0.0289. The van der Waals surface area contributed by atoms with E-state index in [4.69, 9.17) is 14.2 Å². The van der Waals surface area contributed by atoms with Gasteiger partial charge in [0, 0.05) is 19.2 Å². The Balaban J connectivity index is 2.04. The van der Waals surface area contributed by atoms with Crippen molar-refractivity contribution in [2.24, 2.45) is 0 Å². The lowest BCUT2D eigenvalue weighted by Gasteiger charge is -2.18. The van der Waals surface area contributed by atoms with Crippen molar-refractivity contribution in [1.82, 2.24) is 4.90 Å². The fourth-order valence-electron chi connectivity index (χ4n) is 2.61. The first-order chi connectivity index (χ1) is 12.0. The number of likely N-dealkylation sites (N-methyl/N-ethyl adjacent to an activating group) is 1. The van der Waals surface area contributed by atoms with Crippen LogP contribution in [0.1, 0.15) is 21.5 Å². The Kier molecular flexibility index (Phi) is 6.28. The Morgan fingerprint density at radius 1 is 0.920 bits per heavy atom. The van der Waals surface area contributed by atoms with Gasteiger partial charge in [-0.3, -0.25) is 4.79 Å². The molecule has 0 saturated heterocycles. The average Bonchev–Trinajstić information content (AvgIpc) is 2.65. The molecule has 0 N–H and O–H groups in total. The number of ether oxygens (including phenoxy) is 3. The second kappa shape index (κ2) is 8.42. The Labute approximate surface area is 149 Å². The number of nitrogens with zero attached hydrogens (tertiary/aromatic N) is 1. The van der Waals surface area contributed by atoms with E-state index in [1.807, 2.05) is 37.3 Å². The fraction of sp³-hybridized carbons (Fsp3) is 0.350. The van der Waals surface area contributed by atoms with Crippen molar-refractivity contribution in [3.63, 3.8) is 0 Å². The number of aryl methyl sites for hydroxylation is 1. The van der Waals surface area contributed by atoms with Gasteiger partial charge in [-0.2, -0.15) is 0 Å². The summed E-state index contributed by atoms with van der Waals surface area (Å²) in [4.78, 5) is 14.3. The molecule has 2 aromatic rings. The van der Waals surface area contributed by atoms with E-state index >= 15 is 0 Å². The van der Waals surface area contributed by atoms with Crippen molar-refractivity contribution in [3.05, 3.63) is 53.1 Å². The number of carbonyl (C=O) groups is 1. The zero-order valence-corrected chi connectivity index (χ0v) is 15.5. The van der Waals surface area contributed by atoms with Crippen LogP contribution in [0.2, 0.25) is 0 Å². The number of hydrogen-bond acceptors (Lipinski definition) is 4. The minimum Gasteiger partial charge on any atom is -0.496 e. The summed E-state index contributed by atoms with van der Waals surface area (Å²) < 4.78 is 15.9. The Hall–Kier alpha value is -2.69. The van der Waals surface area contributed by atoms with Crippen LogP contribution in [0.4, 0.5) is 0 Å². The van der Waals surface area contributed by atoms with Gasteiger partial charge in [0.2, 0.25) is 0 Å². The number of benzene rings is 2. The molecule has 2 rings (SSSR count). The topological polar surface area (TPSA) is 48.0 Å². The number of methoxy groups -OCH3 is 3. The highest BCUT2D eigenvalue weighted by Crippen LogP contribution is 2.27. The van der Waals surface area contributed by atoms with Gasteiger partial charge >= 0.3 is 0 Å². The number of rotatable bonds is 7. The summed E-state index contributed by atoms with van der Waals surface area (Å²) in [5, 5.41) is 0. The molecule has 0 heterocycles. The van der Waals surface area contributed by atoms with E-state index in [2.05, 4.69) is 0 Å². The molecule has 0 bridgehead atoms. The summed E-state index contributed by atoms with van der Waals surface area (Å²) in [7, 11) is 6.63. The molecule has 134 valence electrons. The van der Waals surface area contributed by atoms with E-state index in [-0.39, 0.29) is 5.91 Å². The number of hydrogen-bond donors (Lipinski definition) is 0. The largest absolute Gasteiger partial charge is 0.496 e. The first-order valence-electron chi connectivity index (χ1n) is 8.11. The standard InChI is InChI=1S/C20H25NO4/c1-14-6-8-16(13-18(14)24-4)20(22)21(2)11-10-15-7-9-17(23-3)19(12-15)25-5/h6-9,12-13H,10-11H2,1-5H3. The smallest absolute Gasteiger partial charge is 0.253 e. The van der Waals surface area contributed by atoms with Crippen LogP contribution in [-0.4, -0.2) is 45.7 Å². The normalized spacial score (nSPS) is 10.3. The van der Waals surface area contributed by atoms with Crippen molar-refractivity contribution in [3.8, 4) is 17.2 Å². The molecule has 0 unspecified atom stereocenters. The van der Waals surface area contributed by atoms with Crippen LogP contribution in [0.5, 0.6) is 17.2 Å². The number of carbonyl (C=O) groups excluding carboxylic acids is 1. The van der Waals surface area contributed by atoms with Crippen LogP contribution in [0.25, 0.3) is 0 Å². The third-order valence-electron chi connectivity index (χ3n) is 4.19. The predicted molar refractivity (Wildman–Crippen MR) is 97.9 cm³/mol. The molecule has 5 nitrogen and oxygen atoms in total. The highest BCUT2D eigenvalue weighted by atomic mass is 16.5. The van der Waals surface area contributed by atoms with E-state index in [0.717, 1.165) is 23.3 Å². The van der Waals surface area contributed by atoms with Crippen molar-refractivity contribution in [2.75, 3.05) is 34.9 Å². The maximum atomic E-state index is 12.6. The maximum Gasteiger partial charge on any atom is 0.253 e. The molecular weight excluding hydrogens is 318 g/mol. The Morgan fingerprint density at radius 3 is 2.24 bits per heavy atom. The van der Waals surface area contributed by atoms with E-state index in [1.54, 1.807) is 39.3 Å². The molecule has 0 aliphatic heterocycles. The van der Waals surface area contributed by atoms with Crippen molar-refractivity contribution in [1.29, 1.82) is 0 Å². The first kappa shape index (κ1) is 18.6. The summed E-state index contributed by atoms with van der Waals surface area (Å²) in [5.74, 6) is 2.08. The van der Waals surface area contributed by atoms with Crippen molar-refractivity contribution in [2.45, 2.75) is 13.3 Å². The third-order valence-corrected chi connectivity index (χ3v) is 4.19. The predicted octanol–water partition coefficient (Wildman–Crippen LogP) is 3.34. The highest BCUT2D eigenvalue weighted by molar-refractivity contribution is 5.94. The van der Waals surface area contributed by atoms with Gasteiger partial charge in [-0.05, 0) is 48.7 Å². The maximum absolute atomic E-state index is 12.6. The first-order valence-corrected chi connectivity index (χ1v) is 8.11. The Morgan fingerprint density at radius 2 is 1.60 bits per heavy atom. The van der Waals surface area contributed by atoms with E-state index in [0.29, 0.717) is 23.6 Å². The molecule has 5 heteroatoms. The molecule has 0 saturated carbocycles. The molecule has 25 heavy (non-hydrogen) atoms. The number of amides is 1. The van der Waals surface area contributed by atoms with Crippen LogP contribution < -0.4 is 14.2 Å². The molecular formula is C20H25NO4. The van der Waals surface area contributed by atoms with Gasteiger partial charge in [0.25, 0.3) is 5.91 Å². The highest BCUT2D eigenvalue weighted by Gasteiger charge is 2.14. The van der Waals surface area contributed by atoms with Crippen LogP contribution in [0, 0.1) is 6.92 Å². The molecule has 0 radical (unpaired) electrons. The molecule has 0 fully saturated rings. The monoisotopic (exact) mass is 343 g/mol. The SMILES string of the molecule is COc1cc(C(=O)N(C)CCc2ccc(OC)c(OC)c2)ccc1C. The summed E-state index contributed by atoms with van der Waals surface area (Å²) >= 11 is 0. The Bertz CT molecular complexity index is 742. The molecule has 0 aromatic heterocycles. The lowest BCUT2D eigenvalue weighted by Crippen LogP contribution is -2.28. The quantitative estimate of drug-likeness (QED) is 0.774. The molecule has 2 aromatic carbocycles. The average molecular weight is 343 g/mol. The lowest BCUT2D eigenvalue weighted by atomic mass is 10.1. The zero-order chi connectivity index (χ0) is 18.4. The minimum absolute atomic E-state index is 0.0289. The van der Waals surface area contributed by atoms with E-state index < -0.39 is 0 Å². The summed E-state index contributed by atoms with van der Waals surface area (Å²) in [6.07, 6.45) is 0.728. The second-order valence-electron chi connectivity index (χ2n) is 5.85. The van der Waals surface area contributed by atoms with Crippen LogP contribution in [0.15, 0.2) is 36.4 Å². The zero-order valence-electron chi connectivity index (χ0n) is 15.5. The van der Waals surface area contributed by atoms with Gasteiger partial charge in [0.15, 0.2) is 11.5 Å². The third kappa shape index (κ3) is 4.44. The molecule has 0 aliphatic rings. The van der Waals surface area contributed by atoms with Crippen LogP contribution >= 0.6 is 0 Å². The summed E-state index contributed by atoms with van der Waals surface area (Å²) in [6.45, 7) is 2.55. The lowest BCUT2D eigenvalue weighted by molar-refractivity contribution is 0.0796. The van der Waals surface area contributed by atoms with Crippen molar-refractivity contribution < 1.29 is 19.0 Å². The fourth-order valence-corrected chi connectivity index (χ4v) is 2.61. The van der Waals surface area contributed by atoms with Gasteiger partial charge in [-0.1, -0.05) is 12.1 Å². The van der Waals surface area contributed by atoms with Crippen molar-refractivity contribution >= 4 is 5.91 Å². The van der Waals surface area contributed by atoms with Gasteiger partial charge in [-0.15, -0.1) is 0 Å².